The number of anilines is 2. The Labute approximate surface area is 163 Å². The number of aromatic nitrogens is 2. The molecule has 0 atom stereocenters. The van der Waals surface area contributed by atoms with Gasteiger partial charge < -0.3 is 14.4 Å². The van der Waals surface area contributed by atoms with Crippen LogP contribution in [0.2, 0.25) is 5.02 Å². The summed E-state index contributed by atoms with van der Waals surface area (Å²) < 4.78 is 10.7. The molecular weight excluding hydrogens is 373 g/mol. The molecule has 1 aliphatic heterocycles. The van der Waals surface area contributed by atoms with Crippen LogP contribution in [0.25, 0.3) is 10.9 Å². The summed E-state index contributed by atoms with van der Waals surface area (Å²) in [6, 6.07) is 11.9. The average Bonchev–Trinajstić information content (AvgIpc) is 3.04. The molecule has 0 amide bonds. The Morgan fingerprint density at radius 3 is 2.85 bits per heavy atom. The van der Waals surface area contributed by atoms with Gasteiger partial charge in [0, 0.05) is 35.8 Å². The summed E-state index contributed by atoms with van der Waals surface area (Å²) in [5.41, 5.74) is 3.26. The van der Waals surface area contributed by atoms with Crippen LogP contribution >= 0.6 is 24.0 Å². The second kappa shape index (κ2) is 8.08. The Bertz CT molecular complexity index is 920. The lowest BCUT2D eigenvalue weighted by atomic mass is 10.1. The SMILES string of the molecule is COCCOc1ccc2c(N3CCc4ccc(Cl)cc43)ncnc2c1.Cl. The van der Waals surface area contributed by atoms with Crippen molar-refractivity contribution in [1.82, 2.24) is 9.97 Å². The van der Waals surface area contributed by atoms with Crippen LogP contribution < -0.4 is 9.64 Å². The summed E-state index contributed by atoms with van der Waals surface area (Å²) in [7, 11) is 1.66. The molecule has 0 bridgehead atoms. The van der Waals surface area contributed by atoms with E-state index in [1.807, 2.05) is 30.3 Å². The Hall–Kier alpha value is -2.08. The predicted molar refractivity (Wildman–Crippen MR) is 106 cm³/mol. The van der Waals surface area contributed by atoms with E-state index in [4.69, 9.17) is 21.1 Å². The fourth-order valence-electron chi connectivity index (χ4n) is 3.14. The van der Waals surface area contributed by atoms with E-state index >= 15 is 0 Å². The summed E-state index contributed by atoms with van der Waals surface area (Å²) in [5, 5.41) is 1.73. The summed E-state index contributed by atoms with van der Waals surface area (Å²) in [6.45, 7) is 1.95. The van der Waals surface area contributed by atoms with Crippen LogP contribution in [-0.2, 0) is 11.2 Å². The number of fused-ring (bicyclic) bond motifs is 2. The zero-order chi connectivity index (χ0) is 17.2. The quantitative estimate of drug-likeness (QED) is 0.602. The van der Waals surface area contributed by atoms with Crippen molar-refractivity contribution in [3.63, 3.8) is 0 Å². The highest BCUT2D eigenvalue weighted by atomic mass is 35.5. The lowest BCUT2D eigenvalue weighted by Crippen LogP contribution is -2.15. The zero-order valence-corrected chi connectivity index (χ0v) is 15.9. The number of methoxy groups -OCH3 is 1. The van der Waals surface area contributed by atoms with Gasteiger partial charge in [-0.05, 0) is 36.2 Å². The Kier molecular flexibility index (Phi) is 5.81. The van der Waals surface area contributed by atoms with E-state index in [1.165, 1.54) is 5.56 Å². The first-order valence-corrected chi connectivity index (χ1v) is 8.56. The Morgan fingerprint density at radius 2 is 2.00 bits per heavy atom. The number of ether oxygens (including phenoxy) is 2. The fourth-order valence-corrected chi connectivity index (χ4v) is 3.31. The maximum absolute atomic E-state index is 6.19. The molecule has 0 N–H and O–H groups in total. The van der Waals surface area contributed by atoms with Crippen molar-refractivity contribution in [1.29, 1.82) is 0 Å². The van der Waals surface area contributed by atoms with Crippen LogP contribution in [0.15, 0.2) is 42.7 Å². The number of nitrogens with zero attached hydrogens (tertiary/aromatic N) is 3. The van der Waals surface area contributed by atoms with E-state index < -0.39 is 0 Å². The summed E-state index contributed by atoms with van der Waals surface area (Å²) in [5.74, 6) is 1.67. The average molecular weight is 392 g/mol. The van der Waals surface area contributed by atoms with Gasteiger partial charge in [0.2, 0.25) is 0 Å². The molecule has 4 rings (SSSR count). The van der Waals surface area contributed by atoms with Crippen molar-refractivity contribution in [3.05, 3.63) is 53.3 Å². The first-order valence-electron chi connectivity index (χ1n) is 8.19. The summed E-state index contributed by atoms with van der Waals surface area (Å²) >= 11 is 6.19. The van der Waals surface area contributed by atoms with Gasteiger partial charge in [-0.15, -0.1) is 12.4 Å². The molecule has 3 aromatic rings. The third-order valence-electron chi connectivity index (χ3n) is 4.34. The minimum Gasteiger partial charge on any atom is -0.491 e. The van der Waals surface area contributed by atoms with Gasteiger partial charge in [0.25, 0.3) is 0 Å². The van der Waals surface area contributed by atoms with E-state index in [2.05, 4.69) is 20.9 Å². The number of benzene rings is 2. The van der Waals surface area contributed by atoms with Crippen molar-refractivity contribution in [2.45, 2.75) is 6.42 Å². The highest BCUT2D eigenvalue weighted by Crippen LogP contribution is 2.38. The van der Waals surface area contributed by atoms with E-state index in [1.54, 1.807) is 13.4 Å². The monoisotopic (exact) mass is 391 g/mol. The second-order valence-electron chi connectivity index (χ2n) is 5.89. The van der Waals surface area contributed by atoms with Crippen molar-refractivity contribution in [2.75, 3.05) is 31.8 Å². The van der Waals surface area contributed by atoms with Crippen LogP contribution in [0.4, 0.5) is 11.5 Å². The largest absolute Gasteiger partial charge is 0.491 e. The van der Waals surface area contributed by atoms with E-state index in [-0.39, 0.29) is 12.4 Å². The van der Waals surface area contributed by atoms with Crippen molar-refractivity contribution in [2.24, 2.45) is 0 Å². The number of hydrogen-bond donors (Lipinski definition) is 0. The summed E-state index contributed by atoms with van der Waals surface area (Å²) in [6.07, 6.45) is 2.58. The molecule has 0 saturated heterocycles. The standard InChI is InChI=1S/C19H18ClN3O2.ClH/c1-24-8-9-25-15-4-5-16-17(11-15)21-12-22-19(16)23-7-6-13-2-3-14(20)10-18(13)23;/h2-5,10-12H,6-9H2,1H3;1H. The lowest BCUT2D eigenvalue weighted by Gasteiger charge is -2.20. The van der Waals surface area contributed by atoms with Crippen molar-refractivity contribution < 1.29 is 9.47 Å². The maximum atomic E-state index is 6.19. The number of rotatable bonds is 5. The Balaban J connectivity index is 0.00000196. The molecule has 0 unspecified atom stereocenters. The zero-order valence-electron chi connectivity index (χ0n) is 14.3. The molecule has 0 aliphatic carbocycles. The van der Waals surface area contributed by atoms with E-state index in [0.29, 0.717) is 13.2 Å². The molecule has 0 fully saturated rings. The van der Waals surface area contributed by atoms with Crippen molar-refractivity contribution in [3.8, 4) is 5.75 Å². The minimum absolute atomic E-state index is 0. The van der Waals surface area contributed by atoms with E-state index in [0.717, 1.165) is 46.1 Å². The van der Waals surface area contributed by atoms with Crippen LogP contribution in [0.3, 0.4) is 0 Å². The molecule has 0 radical (unpaired) electrons. The van der Waals surface area contributed by atoms with Crippen molar-refractivity contribution >= 4 is 46.4 Å². The molecule has 7 heteroatoms. The molecule has 2 aromatic carbocycles. The van der Waals surface area contributed by atoms with Crippen LogP contribution in [0, 0.1) is 0 Å². The van der Waals surface area contributed by atoms with Gasteiger partial charge >= 0.3 is 0 Å². The fraction of sp³-hybridized carbons (Fsp3) is 0.263. The van der Waals surface area contributed by atoms with Gasteiger partial charge in [-0.3, -0.25) is 0 Å². The number of halogens is 2. The maximum Gasteiger partial charge on any atom is 0.144 e. The third kappa shape index (κ3) is 3.56. The van der Waals surface area contributed by atoms with Gasteiger partial charge in [0.15, 0.2) is 0 Å². The Morgan fingerprint density at radius 1 is 1.12 bits per heavy atom. The molecule has 1 aromatic heterocycles. The molecule has 2 heterocycles. The highest BCUT2D eigenvalue weighted by molar-refractivity contribution is 6.31. The van der Waals surface area contributed by atoms with Gasteiger partial charge in [-0.2, -0.15) is 0 Å². The topological polar surface area (TPSA) is 47.5 Å². The molecule has 136 valence electrons. The van der Waals surface area contributed by atoms with Gasteiger partial charge in [0.1, 0.15) is 24.5 Å². The number of hydrogen-bond acceptors (Lipinski definition) is 5. The summed E-state index contributed by atoms with van der Waals surface area (Å²) in [4.78, 5) is 11.1. The molecule has 0 saturated carbocycles. The third-order valence-corrected chi connectivity index (χ3v) is 4.58. The second-order valence-corrected chi connectivity index (χ2v) is 6.33. The van der Waals surface area contributed by atoms with E-state index in [9.17, 15) is 0 Å². The molecule has 0 spiro atoms. The first-order chi connectivity index (χ1) is 12.3. The van der Waals surface area contributed by atoms with Crippen LogP contribution in [0.5, 0.6) is 5.75 Å². The minimum atomic E-state index is 0. The molecule has 1 aliphatic rings. The van der Waals surface area contributed by atoms with Crippen LogP contribution in [0.1, 0.15) is 5.56 Å². The van der Waals surface area contributed by atoms with Gasteiger partial charge in [0.05, 0.1) is 12.1 Å². The first kappa shape index (κ1) is 18.7. The van der Waals surface area contributed by atoms with Gasteiger partial charge in [-0.1, -0.05) is 17.7 Å². The smallest absolute Gasteiger partial charge is 0.144 e. The molecule has 5 nitrogen and oxygen atoms in total. The van der Waals surface area contributed by atoms with Crippen LogP contribution in [-0.4, -0.2) is 36.8 Å². The predicted octanol–water partition coefficient (Wildman–Crippen LogP) is 4.42. The molecule has 26 heavy (non-hydrogen) atoms. The highest BCUT2D eigenvalue weighted by Gasteiger charge is 2.23. The molecular formula is C19H19Cl2N3O2. The van der Waals surface area contributed by atoms with Gasteiger partial charge in [-0.25, -0.2) is 9.97 Å². The normalized spacial score (nSPS) is 12.8. The lowest BCUT2D eigenvalue weighted by molar-refractivity contribution is 0.146.